The first-order chi connectivity index (χ1) is 11.6. The largest absolute Gasteiger partial charge is 0.336 e. The van der Waals surface area contributed by atoms with Crippen LogP contribution >= 0.6 is 11.8 Å². The molecule has 0 spiro atoms. The zero-order valence-electron chi connectivity index (χ0n) is 13.1. The van der Waals surface area contributed by atoms with Crippen molar-refractivity contribution >= 4 is 23.4 Å². The molecule has 3 rings (SSSR count). The highest BCUT2D eigenvalue weighted by Gasteiger charge is 2.11. The first-order valence-electron chi connectivity index (χ1n) is 7.39. The van der Waals surface area contributed by atoms with Gasteiger partial charge in [-0.15, -0.1) is 10.2 Å². The molecular weight excluding hydrogens is 322 g/mol. The van der Waals surface area contributed by atoms with Crippen molar-refractivity contribution in [2.45, 2.75) is 12.1 Å². The summed E-state index contributed by atoms with van der Waals surface area (Å²) in [6.45, 7) is 1.76. The van der Waals surface area contributed by atoms with Crippen molar-refractivity contribution in [3.8, 4) is 11.1 Å². The van der Waals surface area contributed by atoms with E-state index in [1.54, 1.807) is 6.92 Å². The molecule has 24 heavy (non-hydrogen) atoms. The number of nitrogens with one attached hydrogen (secondary N) is 1. The molecule has 122 valence electrons. The van der Waals surface area contributed by atoms with E-state index in [1.807, 2.05) is 54.6 Å². The Labute approximate surface area is 144 Å². The van der Waals surface area contributed by atoms with Gasteiger partial charge < -0.3 is 11.2 Å². The average Bonchev–Trinajstić information content (AvgIpc) is 2.93. The second-order valence-corrected chi connectivity index (χ2v) is 6.09. The third-order valence-corrected chi connectivity index (χ3v) is 4.40. The van der Waals surface area contributed by atoms with Crippen LogP contribution in [0, 0.1) is 6.92 Å². The molecule has 1 heterocycles. The summed E-state index contributed by atoms with van der Waals surface area (Å²) in [4.78, 5) is 12.3. The number of nitrogens with zero attached hydrogens (tertiary/aromatic N) is 3. The van der Waals surface area contributed by atoms with E-state index in [-0.39, 0.29) is 11.7 Å². The lowest BCUT2D eigenvalue weighted by Gasteiger charge is -2.11. The highest BCUT2D eigenvalue weighted by atomic mass is 32.2. The van der Waals surface area contributed by atoms with Gasteiger partial charge >= 0.3 is 0 Å². The lowest BCUT2D eigenvalue weighted by atomic mass is 10.0. The molecule has 0 fully saturated rings. The molecule has 1 aromatic heterocycles. The van der Waals surface area contributed by atoms with Gasteiger partial charge in [0.05, 0.1) is 5.75 Å². The van der Waals surface area contributed by atoms with Crippen LogP contribution in [0.1, 0.15) is 5.82 Å². The fourth-order valence-corrected chi connectivity index (χ4v) is 2.93. The van der Waals surface area contributed by atoms with E-state index in [0.717, 1.165) is 16.8 Å². The molecule has 0 radical (unpaired) electrons. The number of anilines is 1. The van der Waals surface area contributed by atoms with Gasteiger partial charge in [0, 0.05) is 11.3 Å². The van der Waals surface area contributed by atoms with E-state index in [1.165, 1.54) is 16.4 Å². The molecule has 1 amide bonds. The van der Waals surface area contributed by atoms with Gasteiger partial charge in [-0.1, -0.05) is 60.3 Å². The predicted octanol–water partition coefficient (Wildman–Crippen LogP) is 2.70. The zero-order chi connectivity index (χ0) is 16.9. The van der Waals surface area contributed by atoms with Gasteiger partial charge in [-0.3, -0.25) is 4.79 Å². The van der Waals surface area contributed by atoms with Gasteiger partial charge in [-0.25, -0.2) is 4.68 Å². The van der Waals surface area contributed by atoms with Crippen molar-refractivity contribution in [3.05, 3.63) is 60.4 Å². The first kappa shape index (κ1) is 16.1. The van der Waals surface area contributed by atoms with E-state index >= 15 is 0 Å². The Morgan fingerprint density at radius 3 is 2.54 bits per heavy atom. The number of hydrogen-bond donors (Lipinski definition) is 2. The van der Waals surface area contributed by atoms with E-state index in [0.29, 0.717) is 11.0 Å². The highest BCUT2D eigenvalue weighted by Crippen LogP contribution is 2.27. The number of nitrogen functional groups attached to an aromatic ring is 1. The van der Waals surface area contributed by atoms with Gasteiger partial charge in [0.2, 0.25) is 11.1 Å². The molecule has 0 saturated carbocycles. The van der Waals surface area contributed by atoms with E-state index in [4.69, 9.17) is 5.84 Å². The van der Waals surface area contributed by atoms with Crippen LogP contribution in [-0.2, 0) is 4.79 Å². The fourth-order valence-electron chi connectivity index (χ4n) is 2.23. The second-order valence-electron chi connectivity index (χ2n) is 5.15. The van der Waals surface area contributed by atoms with Crippen molar-refractivity contribution < 1.29 is 4.79 Å². The minimum atomic E-state index is -0.121. The lowest BCUT2D eigenvalue weighted by Crippen LogP contribution is -2.16. The summed E-state index contributed by atoms with van der Waals surface area (Å²) >= 11 is 1.25. The molecule has 0 aliphatic heterocycles. The Kier molecular flexibility index (Phi) is 4.81. The van der Waals surface area contributed by atoms with Crippen LogP contribution in [-0.4, -0.2) is 26.5 Å². The maximum Gasteiger partial charge on any atom is 0.234 e. The van der Waals surface area contributed by atoms with Crippen LogP contribution in [0.5, 0.6) is 0 Å². The quantitative estimate of drug-likeness (QED) is 0.551. The number of aromatic nitrogens is 3. The molecule has 7 heteroatoms. The standard InChI is InChI=1S/C17H17N5OS/c1-12-20-21-17(22(12)18)24-11-16(23)19-15-10-6-5-9-14(15)13-7-3-2-4-8-13/h2-10H,11,18H2,1H3,(H,19,23). The molecule has 0 atom stereocenters. The zero-order valence-corrected chi connectivity index (χ0v) is 14.0. The Balaban J connectivity index is 1.70. The third-order valence-electron chi connectivity index (χ3n) is 3.45. The summed E-state index contributed by atoms with van der Waals surface area (Å²) in [6, 6.07) is 17.7. The number of para-hydroxylation sites is 1. The summed E-state index contributed by atoms with van der Waals surface area (Å²) < 4.78 is 1.37. The summed E-state index contributed by atoms with van der Waals surface area (Å²) in [6.07, 6.45) is 0. The number of aryl methyl sites for hydroxylation is 1. The topological polar surface area (TPSA) is 85.8 Å². The number of carbonyl (C=O) groups excluding carboxylic acids is 1. The summed E-state index contributed by atoms with van der Waals surface area (Å²) in [5.41, 5.74) is 2.81. The SMILES string of the molecule is Cc1nnc(SCC(=O)Nc2ccccc2-c2ccccc2)n1N. The lowest BCUT2D eigenvalue weighted by molar-refractivity contribution is -0.113. The third kappa shape index (κ3) is 3.57. The van der Waals surface area contributed by atoms with Crippen LogP contribution < -0.4 is 11.2 Å². The van der Waals surface area contributed by atoms with Crippen molar-refractivity contribution in [3.63, 3.8) is 0 Å². The molecule has 0 saturated heterocycles. The monoisotopic (exact) mass is 339 g/mol. The molecule has 3 aromatic rings. The predicted molar refractivity (Wildman–Crippen MR) is 96.1 cm³/mol. The first-order valence-corrected chi connectivity index (χ1v) is 8.38. The Morgan fingerprint density at radius 1 is 1.12 bits per heavy atom. The maximum absolute atomic E-state index is 12.3. The molecule has 0 unspecified atom stereocenters. The smallest absolute Gasteiger partial charge is 0.234 e. The van der Waals surface area contributed by atoms with Gasteiger partial charge in [-0.2, -0.15) is 0 Å². The average molecular weight is 339 g/mol. The molecular formula is C17H17N5OS. The number of rotatable bonds is 5. The summed E-state index contributed by atoms with van der Waals surface area (Å²) in [5.74, 6) is 6.47. The Morgan fingerprint density at radius 2 is 1.83 bits per heavy atom. The van der Waals surface area contributed by atoms with Crippen LogP contribution in [0.4, 0.5) is 5.69 Å². The highest BCUT2D eigenvalue weighted by molar-refractivity contribution is 7.99. The van der Waals surface area contributed by atoms with Crippen LogP contribution in [0.3, 0.4) is 0 Å². The second kappa shape index (κ2) is 7.18. The number of nitrogens with two attached hydrogens (primary N) is 1. The fraction of sp³-hybridized carbons (Fsp3) is 0.118. The van der Waals surface area contributed by atoms with Gasteiger partial charge in [0.25, 0.3) is 0 Å². The number of carbonyl (C=O) groups is 1. The number of thioether (sulfide) groups is 1. The molecule has 0 bridgehead atoms. The molecule has 2 aromatic carbocycles. The van der Waals surface area contributed by atoms with Crippen molar-refractivity contribution in [1.29, 1.82) is 0 Å². The van der Waals surface area contributed by atoms with Gasteiger partial charge in [0.1, 0.15) is 5.82 Å². The van der Waals surface area contributed by atoms with E-state index in [2.05, 4.69) is 15.5 Å². The van der Waals surface area contributed by atoms with Gasteiger partial charge in [0.15, 0.2) is 0 Å². The summed E-state index contributed by atoms with van der Waals surface area (Å²) in [5, 5.41) is 11.3. The van der Waals surface area contributed by atoms with Crippen LogP contribution in [0.2, 0.25) is 0 Å². The van der Waals surface area contributed by atoms with Crippen molar-refractivity contribution in [1.82, 2.24) is 14.9 Å². The Bertz CT molecular complexity index is 847. The van der Waals surface area contributed by atoms with E-state index in [9.17, 15) is 4.79 Å². The minimum absolute atomic E-state index is 0.121. The molecule has 0 aliphatic rings. The minimum Gasteiger partial charge on any atom is -0.336 e. The Hall–Kier alpha value is -2.80. The van der Waals surface area contributed by atoms with Crippen molar-refractivity contribution in [2.75, 3.05) is 16.9 Å². The molecule has 6 nitrogen and oxygen atoms in total. The number of amides is 1. The molecule has 3 N–H and O–H groups in total. The number of hydrogen-bond acceptors (Lipinski definition) is 5. The summed E-state index contributed by atoms with van der Waals surface area (Å²) in [7, 11) is 0. The molecule has 0 aliphatic carbocycles. The van der Waals surface area contributed by atoms with Crippen LogP contribution in [0.25, 0.3) is 11.1 Å². The maximum atomic E-state index is 12.3. The number of benzene rings is 2. The van der Waals surface area contributed by atoms with Gasteiger partial charge in [-0.05, 0) is 18.6 Å². The van der Waals surface area contributed by atoms with Crippen LogP contribution in [0.15, 0.2) is 59.8 Å². The normalized spacial score (nSPS) is 10.5. The van der Waals surface area contributed by atoms with E-state index < -0.39 is 0 Å². The van der Waals surface area contributed by atoms with Crippen molar-refractivity contribution in [2.24, 2.45) is 0 Å².